The molecule has 0 aliphatic carbocycles. The summed E-state index contributed by atoms with van der Waals surface area (Å²) in [5.74, 6) is -1.53. The summed E-state index contributed by atoms with van der Waals surface area (Å²) in [6.45, 7) is 0.840. The van der Waals surface area contributed by atoms with Crippen molar-refractivity contribution in [1.29, 1.82) is 0 Å². The van der Waals surface area contributed by atoms with Crippen LogP contribution in [0.1, 0.15) is 12.5 Å². The van der Waals surface area contributed by atoms with Crippen molar-refractivity contribution in [2.45, 2.75) is 19.2 Å². The maximum Gasteiger partial charge on any atom is 0.425 e. The van der Waals surface area contributed by atoms with E-state index in [2.05, 4.69) is 9.97 Å². The quantitative estimate of drug-likeness (QED) is 0.575. The van der Waals surface area contributed by atoms with Crippen LogP contribution in [0.3, 0.4) is 0 Å². The van der Waals surface area contributed by atoms with Crippen molar-refractivity contribution in [3.63, 3.8) is 0 Å². The third-order valence-electron chi connectivity index (χ3n) is 3.21. The topological polar surface area (TPSA) is 90.8 Å². The predicted molar refractivity (Wildman–Crippen MR) is 87.3 cm³/mol. The second-order valence-corrected chi connectivity index (χ2v) is 5.15. The zero-order valence-electron chi connectivity index (χ0n) is 14.2. The first kappa shape index (κ1) is 20.0. The minimum atomic E-state index is -4.56. The average Bonchev–Trinajstić information content (AvgIpc) is 2.59. The highest BCUT2D eigenvalue weighted by atomic mass is 19.4. The summed E-state index contributed by atoms with van der Waals surface area (Å²) in [7, 11) is 1.29. The Morgan fingerprint density at radius 2 is 1.96 bits per heavy atom. The number of aliphatic carboxylic acids is 1. The molecule has 0 aliphatic heterocycles. The lowest BCUT2D eigenvalue weighted by atomic mass is 10.1. The first-order valence-corrected chi connectivity index (χ1v) is 7.52. The highest BCUT2D eigenvalue weighted by Gasteiger charge is 2.38. The smallest absolute Gasteiger partial charge is 0.425 e. The van der Waals surface area contributed by atoms with E-state index in [4.69, 9.17) is 14.2 Å². The number of carboxylic acids is 1. The van der Waals surface area contributed by atoms with Gasteiger partial charge in [0, 0.05) is 17.8 Å². The Labute approximate surface area is 152 Å². The molecule has 2 aromatic rings. The normalized spacial score (nSPS) is 13.0. The highest BCUT2D eigenvalue weighted by Crippen LogP contribution is 2.30. The molecule has 0 aliphatic rings. The van der Waals surface area contributed by atoms with Crippen LogP contribution < -0.4 is 9.47 Å². The Bertz CT molecular complexity index is 839. The first-order chi connectivity index (χ1) is 12.7. The Hall–Kier alpha value is -3.30. The fraction of sp³-hybridized carbons (Fsp3) is 0.235. The van der Waals surface area contributed by atoms with Crippen molar-refractivity contribution in [3.8, 4) is 17.6 Å². The van der Waals surface area contributed by atoms with Gasteiger partial charge < -0.3 is 19.3 Å². The number of hydrogen-bond donors (Lipinski definition) is 1. The summed E-state index contributed by atoms with van der Waals surface area (Å²) in [5.41, 5.74) is -0.0170. The number of alkyl halides is 3. The van der Waals surface area contributed by atoms with Crippen LogP contribution in [0.2, 0.25) is 0 Å². The lowest BCUT2D eigenvalue weighted by Crippen LogP contribution is -2.31. The van der Waals surface area contributed by atoms with Crippen molar-refractivity contribution in [3.05, 3.63) is 48.4 Å². The molecule has 0 saturated heterocycles. The van der Waals surface area contributed by atoms with Gasteiger partial charge in [0.1, 0.15) is 11.3 Å². The number of ether oxygens (including phenoxy) is 3. The SMILES string of the molecule is CO/C=C(/C(=O)O)c1ccccc1Oc1nccc(OC(C)C(F)(F)F)n1. The number of hydrogen-bond acceptors (Lipinski definition) is 6. The van der Waals surface area contributed by atoms with Crippen LogP contribution in [0.5, 0.6) is 17.6 Å². The van der Waals surface area contributed by atoms with Crippen molar-refractivity contribution in [1.82, 2.24) is 9.97 Å². The fourth-order valence-corrected chi connectivity index (χ4v) is 1.91. The van der Waals surface area contributed by atoms with Crippen LogP contribution in [0.25, 0.3) is 5.57 Å². The molecule has 1 unspecified atom stereocenters. The molecular formula is C17H15F3N2O5. The number of methoxy groups -OCH3 is 1. The molecule has 2 rings (SSSR count). The van der Waals surface area contributed by atoms with E-state index in [-0.39, 0.29) is 28.8 Å². The molecule has 0 spiro atoms. The van der Waals surface area contributed by atoms with Crippen LogP contribution in [0.4, 0.5) is 13.2 Å². The molecule has 10 heteroatoms. The largest absolute Gasteiger partial charge is 0.503 e. The number of carbonyl (C=O) groups is 1. The molecule has 0 amide bonds. The summed E-state index contributed by atoms with van der Waals surface area (Å²) in [5, 5.41) is 9.31. The number of para-hydroxylation sites is 1. The van der Waals surface area contributed by atoms with Gasteiger partial charge in [0.15, 0.2) is 6.10 Å². The molecule has 0 radical (unpaired) electrons. The van der Waals surface area contributed by atoms with E-state index >= 15 is 0 Å². The zero-order valence-corrected chi connectivity index (χ0v) is 14.2. The molecule has 0 fully saturated rings. The third kappa shape index (κ3) is 5.33. The number of halogens is 3. The minimum absolute atomic E-state index is 0.0734. The molecule has 27 heavy (non-hydrogen) atoms. The van der Waals surface area contributed by atoms with Crippen molar-refractivity contribution in [2.24, 2.45) is 0 Å². The molecular weight excluding hydrogens is 369 g/mol. The van der Waals surface area contributed by atoms with Gasteiger partial charge in [-0.05, 0) is 13.0 Å². The highest BCUT2D eigenvalue weighted by molar-refractivity contribution is 6.15. The summed E-state index contributed by atoms with van der Waals surface area (Å²) < 4.78 is 52.7. The number of carboxylic acid groups (broad SMARTS) is 1. The fourth-order valence-electron chi connectivity index (χ4n) is 1.91. The lowest BCUT2D eigenvalue weighted by Gasteiger charge is -2.17. The van der Waals surface area contributed by atoms with Crippen LogP contribution >= 0.6 is 0 Å². The number of rotatable bonds is 7. The average molecular weight is 384 g/mol. The molecule has 0 bridgehead atoms. The van der Waals surface area contributed by atoms with Gasteiger partial charge >= 0.3 is 18.2 Å². The van der Waals surface area contributed by atoms with E-state index in [1.807, 2.05) is 0 Å². The van der Waals surface area contributed by atoms with Crippen LogP contribution in [-0.2, 0) is 9.53 Å². The Balaban J connectivity index is 2.30. The summed E-state index contributed by atoms with van der Waals surface area (Å²) in [6.07, 6.45) is -4.45. The predicted octanol–water partition coefficient (Wildman–Crippen LogP) is 3.67. The molecule has 7 nitrogen and oxygen atoms in total. The Kier molecular flexibility index (Phi) is 6.22. The van der Waals surface area contributed by atoms with Crippen molar-refractivity contribution >= 4 is 11.5 Å². The van der Waals surface area contributed by atoms with Gasteiger partial charge in [0.05, 0.1) is 13.4 Å². The van der Waals surface area contributed by atoms with E-state index in [0.29, 0.717) is 0 Å². The second-order valence-electron chi connectivity index (χ2n) is 5.15. The van der Waals surface area contributed by atoms with Gasteiger partial charge in [0.25, 0.3) is 0 Å². The lowest BCUT2D eigenvalue weighted by molar-refractivity contribution is -0.190. The van der Waals surface area contributed by atoms with Gasteiger partial charge in [-0.15, -0.1) is 0 Å². The molecule has 1 atom stereocenters. The van der Waals surface area contributed by atoms with Gasteiger partial charge in [0.2, 0.25) is 5.88 Å². The molecule has 1 heterocycles. The van der Waals surface area contributed by atoms with E-state index in [1.54, 1.807) is 12.1 Å². The van der Waals surface area contributed by atoms with E-state index in [1.165, 1.54) is 19.2 Å². The summed E-state index contributed by atoms with van der Waals surface area (Å²) in [4.78, 5) is 19.0. The number of nitrogens with zero attached hydrogens (tertiary/aromatic N) is 2. The molecule has 144 valence electrons. The molecule has 1 aromatic heterocycles. The Morgan fingerprint density at radius 3 is 2.59 bits per heavy atom. The monoisotopic (exact) mass is 384 g/mol. The first-order valence-electron chi connectivity index (χ1n) is 7.52. The molecule has 1 N–H and O–H groups in total. The molecule has 1 aromatic carbocycles. The number of aromatic nitrogens is 2. The minimum Gasteiger partial charge on any atom is -0.503 e. The zero-order chi connectivity index (χ0) is 20.0. The van der Waals surface area contributed by atoms with Crippen LogP contribution in [0, 0.1) is 0 Å². The number of benzene rings is 1. The Morgan fingerprint density at radius 1 is 1.26 bits per heavy atom. The van der Waals surface area contributed by atoms with E-state index in [9.17, 15) is 23.1 Å². The van der Waals surface area contributed by atoms with Crippen molar-refractivity contribution < 1.29 is 37.3 Å². The van der Waals surface area contributed by atoms with Crippen molar-refractivity contribution in [2.75, 3.05) is 7.11 Å². The van der Waals surface area contributed by atoms with E-state index in [0.717, 1.165) is 25.4 Å². The summed E-state index contributed by atoms with van der Waals surface area (Å²) >= 11 is 0. The van der Waals surface area contributed by atoms with Crippen LogP contribution in [0.15, 0.2) is 42.8 Å². The standard InChI is InChI=1S/C17H15F3N2O5/c1-10(17(18,19)20)26-14-7-8-21-16(22-14)27-13-6-4-3-5-11(13)12(9-25-2)15(23)24/h3-10H,1-2H3,(H,23,24)/b12-9+. The van der Waals surface area contributed by atoms with Gasteiger partial charge in [-0.25, -0.2) is 9.78 Å². The van der Waals surface area contributed by atoms with Crippen LogP contribution in [-0.4, -0.2) is 40.4 Å². The third-order valence-corrected chi connectivity index (χ3v) is 3.21. The maximum absolute atomic E-state index is 12.6. The van der Waals surface area contributed by atoms with Gasteiger partial charge in [-0.2, -0.15) is 18.2 Å². The van der Waals surface area contributed by atoms with Gasteiger partial charge in [-0.1, -0.05) is 18.2 Å². The maximum atomic E-state index is 12.6. The van der Waals surface area contributed by atoms with Gasteiger partial charge in [-0.3, -0.25) is 0 Å². The summed E-state index contributed by atoms with van der Waals surface area (Å²) in [6, 6.07) is 6.93. The van der Waals surface area contributed by atoms with E-state index < -0.39 is 18.2 Å². The second kappa shape index (κ2) is 8.39. The molecule has 0 saturated carbocycles.